The molecule has 1 aromatic heterocycles. The van der Waals surface area contributed by atoms with Crippen molar-refractivity contribution in [2.24, 2.45) is 18.9 Å². The highest BCUT2D eigenvalue weighted by atomic mass is 19.4. The van der Waals surface area contributed by atoms with Gasteiger partial charge in [0.05, 0.1) is 0 Å². The third kappa shape index (κ3) is 3.60. The molecule has 2 heterocycles. The number of hydrogen-bond donors (Lipinski definition) is 1. The fraction of sp³-hybridized carbons (Fsp3) is 0.714. The summed E-state index contributed by atoms with van der Waals surface area (Å²) >= 11 is 0. The molecule has 1 amide bonds. The molecule has 1 saturated heterocycles. The summed E-state index contributed by atoms with van der Waals surface area (Å²) in [7, 11) is 1.41. The van der Waals surface area contributed by atoms with Crippen LogP contribution in [0.25, 0.3) is 0 Å². The first-order chi connectivity index (χ1) is 10.2. The van der Waals surface area contributed by atoms with E-state index < -0.39 is 18.0 Å². The van der Waals surface area contributed by atoms with E-state index in [-0.39, 0.29) is 29.9 Å². The minimum absolute atomic E-state index is 0.0533. The van der Waals surface area contributed by atoms with Gasteiger partial charge in [-0.1, -0.05) is 13.8 Å². The summed E-state index contributed by atoms with van der Waals surface area (Å²) in [5, 5.41) is 5.94. The second kappa shape index (κ2) is 6.28. The predicted molar refractivity (Wildman–Crippen MR) is 72.7 cm³/mol. The Morgan fingerprint density at radius 1 is 1.55 bits per heavy atom. The number of nitrogens with one attached hydrogen (secondary N) is 1. The zero-order chi connectivity index (χ0) is 16.5. The molecular formula is C14H20F3N3O2. The molecule has 1 N–H and O–H groups in total. The van der Waals surface area contributed by atoms with Crippen molar-refractivity contribution in [1.82, 2.24) is 15.1 Å². The summed E-state index contributed by atoms with van der Waals surface area (Å²) in [4.78, 5) is 12.2. The third-order valence-corrected chi connectivity index (χ3v) is 3.88. The molecule has 0 radical (unpaired) electrons. The van der Waals surface area contributed by atoms with E-state index >= 15 is 0 Å². The van der Waals surface area contributed by atoms with Crippen molar-refractivity contribution in [2.45, 2.75) is 39.1 Å². The van der Waals surface area contributed by atoms with E-state index in [0.29, 0.717) is 6.61 Å². The Bertz CT molecular complexity index is 540. The van der Waals surface area contributed by atoms with Gasteiger partial charge in [0.1, 0.15) is 6.10 Å². The molecule has 124 valence electrons. The lowest BCUT2D eigenvalue weighted by Gasteiger charge is -2.21. The largest absolute Gasteiger partial charge is 0.435 e. The molecule has 1 aromatic rings. The smallest absolute Gasteiger partial charge is 0.368 e. The molecule has 0 unspecified atom stereocenters. The lowest BCUT2D eigenvalue weighted by Crippen LogP contribution is -2.39. The van der Waals surface area contributed by atoms with Crippen LogP contribution in [0.5, 0.6) is 0 Å². The zero-order valence-corrected chi connectivity index (χ0v) is 12.8. The first kappa shape index (κ1) is 16.8. The normalized spacial score (nSPS) is 22.3. The van der Waals surface area contributed by atoms with Gasteiger partial charge in [0, 0.05) is 32.0 Å². The van der Waals surface area contributed by atoms with Crippen molar-refractivity contribution >= 4 is 5.91 Å². The van der Waals surface area contributed by atoms with Gasteiger partial charge < -0.3 is 10.1 Å². The summed E-state index contributed by atoms with van der Waals surface area (Å²) in [6.07, 6.45) is -3.08. The Hall–Kier alpha value is -1.57. The number of rotatable bonds is 4. The van der Waals surface area contributed by atoms with Crippen LogP contribution in [0.1, 0.15) is 31.5 Å². The molecule has 2 rings (SSSR count). The van der Waals surface area contributed by atoms with Crippen LogP contribution in [0.2, 0.25) is 0 Å². The van der Waals surface area contributed by atoms with Gasteiger partial charge in [0.25, 0.3) is 0 Å². The number of aryl methyl sites for hydroxylation is 1. The van der Waals surface area contributed by atoms with E-state index in [4.69, 9.17) is 4.74 Å². The summed E-state index contributed by atoms with van der Waals surface area (Å²) in [6.45, 7) is 4.29. The molecule has 1 aliphatic rings. The third-order valence-electron chi connectivity index (χ3n) is 3.88. The minimum Gasteiger partial charge on any atom is -0.368 e. The van der Waals surface area contributed by atoms with E-state index in [2.05, 4.69) is 10.4 Å². The Morgan fingerprint density at radius 3 is 2.82 bits per heavy atom. The van der Waals surface area contributed by atoms with Gasteiger partial charge in [0.15, 0.2) is 5.69 Å². The second-order valence-corrected chi connectivity index (χ2v) is 5.88. The lowest BCUT2D eigenvalue weighted by atomic mass is 9.89. The Morgan fingerprint density at radius 2 is 2.23 bits per heavy atom. The summed E-state index contributed by atoms with van der Waals surface area (Å²) in [5.74, 6) is 0.00606. The highest BCUT2D eigenvalue weighted by molar-refractivity contribution is 5.81. The molecule has 1 fully saturated rings. The maximum Gasteiger partial charge on any atom is 0.435 e. The number of ether oxygens (including phenoxy) is 1. The van der Waals surface area contributed by atoms with E-state index in [0.717, 1.165) is 11.1 Å². The number of nitrogens with zero attached hydrogens (tertiary/aromatic N) is 2. The molecule has 5 nitrogen and oxygen atoms in total. The van der Waals surface area contributed by atoms with Crippen molar-refractivity contribution in [1.29, 1.82) is 0 Å². The number of carbonyl (C=O) groups is 1. The van der Waals surface area contributed by atoms with Crippen molar-refractivity contribution in [3.05, 3.63) is 17.5 Å². The fourth-order valence-corrected chi connectivity index (χ4v) is 2.75. The van der Waals surface area contributed by atoms with E-state index in [1.165, 1.54) is 13.2 Å². The maximum absolute atomic E-state index is 12.8. The first-order valence-electron chi connectivity index (χ1n) is 7.19. The number of halogens is 3. The molecule has 8 heteroatoms. The van der Waals surface area contributed by atoms with E-state index in [9.17, 15) is 18.0 Å². The molecule has 0 bridgehead atoms. The van der Waals surface area contributed by atoms with Gasteiger partial charge in [-0.05, 0) is 18.3 Å². The predicted octanol–water partition coefficient (Wildman–Crippen LogP) is 2.12. The Kier molecular flexibility index (Phi) is 4.79. The molecule has 0 spiro atoms. The van der Waals surface area contributed by atoms with Crippen LogP contribution >= 0.6 is 0 Å². The van der Waals surface area contributed by atoms with Gasteiger partial charge >= 0.3 is 6.18 Å². The first-order valence-corrected chi connectivity index (χ1v) is 7.19. The van der Waals surface area contributed by atoms with Crippen LogP contribution in [0.4, 0.5) is 13.2 Å². The number of amides is 1. The molecule has 0 aliphatic carbocycles. The molecule has 0 saturated carbocycles. The van der Waals surface area contributed by atoms with Crippen molar-refractivity contribution < 1.29 is 22.7 Å². The van der Waals surface area contributed by atoms with Crippen LogP contribution in [-0.2, 0) is 29.3 Å². The van der Waals surface area contributed by atoms with Gasteiger partial charge in [0.2, 0.25) is 5.91 Å². The highest BCUT2D eigenvalue weighted by Crippen LogP contribution is 2.31. The Balaban J connectivity index is 2.03. The van der Waals surface area contributed by atoms with Crippen LogP contribution in [0.15, 0.2) is 6.20 Å². The average molecular weight is 319 g/mol. The summed E-state index contributed by atoms with van der Waals surface area (Å²) < 4.78 is 45.0. The van der Waals surface area contributed by atoms with E-state index in [1.54, 1.807) is 0 Å². The molecule has 1 aliphatic heterocycles. The van der Waals surface area contributed by atoms with Gasteiger partial charge in [-0.15, -0.1) is 0 Å². The molecule has 0 aromatic carbocycles. The lowest BCUT2D eigenvalue weighted by molar-refractivity contribution is -0.142. The van der Waals surface area contributed by atoms with Crippen LogP contribution in [-0.4, -0.2) is 28.4 Å². The van der Waals surface area contributed by atoms with Crippen molar-refractivity contribution in [3.8, 4) is 0 Å². The van der Waals surface area contributed by atoms with Gasteiger partial charge in [-0.25, -0.2) is 0 Å². The molecular weight excluding hydrogens is 299 g/mol. The zero-order valence-electron chi connectivity index (χ0n) is 12.8. The van der Waals surface area contributed by atoms with Crippen LogP contribution < -0.4 is 5.32 Å². The Labute approximate surface area is 126 Å². The molecule has 2 atom stereocenters. The van der Waals surface area contributed by atoms with Crippen LogP contribution in [0.3, 0.4) is 0 Å². The van der Waals surface area contributed by atoms with Gasteiger partial charge in [-0.2, -0.15) is 18.3 Å². The number of carbonyl (C=O) groups excluding carboxylic acids is 1. The standard InChI is InChI=1S/C14H20F3N3O2/c1-8(2)10-4-5-22-11(10)13(21)18-6-9-7-20(3)19-12(9)14(15,16)17/h7-8,10-11H,4-6H2,1-3H3,(H,18,21)/t10-,11-/m1/s1. The van der Waals surface area contributed by atoms with Crippen molar-refractivity contribution in [2.75, 3.05) is 6.61 Å². The topological polar surface area (TPSA) is 56.1 Å². The molecule has 22 heavy (non-hydrogen) atoms. The highest BCUT2D eigenvalue weighted by Gasteiger charge is 2.38. The summed E-state index contributed by atoms with van der Waals surface area (Å²) in [5.41, 5.74) is -1.02. The maximum atomic E-state index is 12.8. The van der Waals surface area contributed by atoms with Gasteiger partial charge in [-0.3, -0.25) is 9.48 Å². The number of aromatic nitrogens is 2. The quantitative estimate of drug-likeness (QED) is 0.925. The average Bonchev–Trinajstić information content (AvgIpc) is 3.01. The van der Waals surface area contributed by atoms with Crippen LogP contribution in [0, 0.1) is 11.8 Å². The second-order valence-electron chi connectivity index (χ2n) is 5.88. The minimum atomic E-state index is -4.54. The van der Waals surface area contributed by atoms with E-state index in [1.807, 2.05) is 13.8 Å². The number of hydrogen-bond acceptors (Lipinski definition) is 3. The SMILES string of the molecule is CC(C)[C@H]1CCO[C@H]1C(=O)NCc1cn(C)nc1C(F)(F)F. The fourth-order valence-electron chi connectivity index (χ4n) is 2.75. The monoisotopic (exact) mass is 319 g/mol. The van der Waals surface area contributed by atoms with Crippen molar-refractivity contribution in [3.63, 3.8) is 0 Å². The number of alkyl halides is 3. The summed E-state index contributed by atoms with van der Waals surface area (Å²) in [6, 6.07) is 0.